The molecular formula is C13H19N3O3S. The Morgan fingerprint density at radius 3 is 2.90 bits per heavy atom. The van der Waals surface area contributed by atoms with Crippen LogP contribution in [0.25, 0.3) is 0 Å². The molecule has 0 saturated carbocycles. The number of sulfonamides is 1. The van der Waals surface area contributed by atoms with E-state index in [2.05, 4.69) is 10.3 Å². The number of pyridine rings is 1. The van der Waals surface area contributed by atoms with Gasteiger partial charge in [-0.3, -0.25) is 9.78 Å². The molecule has 1 atom stereocenters. The van der Waals surface area contributed by atoms with E-state index in [4.69, 9.17) is 0 Å². The molecule has 1 saturated heterocycles. The fourth-order valence-corrected chi connectivity index (χ4v) is 3.49. The van der Waals surface area contributed by atoms with E-state index in [1.807, 2.05) is 12.1 Å². The number of hydrogen-bond donors (Lipinski definition) is 1. The second-order valence-electron chi connectivity index (χ2n) is 4.92. The normalized spacial score (nSPS) is 20.6. The van der Waals surface area contributed by atoms with Crippen molar-refractivity contribution in [2.45, 2.75) is 31.8 Å². The van der Waals surface area contributed by atoms with Gasteiger partial charge in [-0.15, -0.1) is 0 Å². The summed E-state index contributed by atoms with van der Waals surface area (Å²) in [5.41, 5.74) is 0.752. The van der Waals surface area contributed by atoms with E-state index in [0.29, 0.717) is 19.5 Å². The Labute approximate surface area is 119 Å². The molecule has 0 unspecified atom stereocenters. The van der Waals surface area contributed by atoms with Gasteiger partial charge in [0.15, 0.2) is 0 Å². The van der Waals surface area contributed by atoms with Crippen LogP contribution in [0.5, 0.6) is 0 Å². The molecule has 0 aliphatic carbocycles. The van der Waals surface area contributed by atoms with Gasteiger partial charge in [0.2, 0.25) is 15.9 Å². The van der Waals surface area contributed by atoms with E-state index < -0.39 is 16.1 Å². The maximum absolute atomic E-state index is 12.2. The SMILES string of the molecule is CS(=O)(=O)N1CCCC[C@@H]1C(=O)NCc1ccccn1. The summed E-state index contributed by atoms with van der Waals surface area (Å²) in [5.74, 6) is -0.249. The third-order valence-corrected chi connectivity index (χ3v) is 4.64. The first-order valence-corrected chi connectivity index (χ1v) is 8.48. The molecule has 1 aliphatic heterocycles. The van der Waals surface area contributed by atoms with E-state index in [-0.39, 0.29) is 5.91 Å². The van der Waals surface area contributed by atoms with Gasteiger partial charge < -0.3 is 5.32 Å². The van der Waals surface area contributed by atoms with Gasteiger partial charge in [0.25, 0.3) is 0 Å². The van der Waals surface area contributed by atoms with Crippen molar-refractivity contribution in [2.24, 2.45) is 0 Å². The first kappa shape index (κ1) is 14.9. The molecule has 20 heavy (non-hydrogen) atoms. The number of amides is 1. The molecule has 1 N–H and O–H groups in total. The van der Waals surface area contributed by atoms with Gasteiger partial charge in [-0.2, -0.15) is 4.31 Å². The van der Waals surface area contributed by atoms with E-state index in [1.165, 1.54) is 4.31 Å². The van der Waals surface area contributed by atoms with Crippen molar-refractivity contribution in [2.75, 3.05) is 12.8 Å². The van der Waals surface area contributed by atoms with Gasteiger partial charge in [-0.05, 0) is 25.0 Å². The van der Waals surface area contributed by atoms with Gasteiger partial charge in [0, 0.05) is 12.7 Å². The van der Waals surface area contributed by atoms with Gasteiger partial charge in [0.05, 0.1) is 18.5 Å². The number of carbonyl (C=O) groups excluding carboxylic acids is 1. The van der Waals surface area contributed by atoms with E-state index in [9.17, 15) is 13.2 Å². The number of rotatable bonds is 4. The van der Waals surface area contributed by atoms with Gasteiger partial charge in [-0.25, -0.2) is 8.42 Å². The number of carbonyl (C=O) groups is 1. The number of nitrogens with zero attached hydrogens (tertiary/aromatic N) is 2. The molecule has 0 aromatic carbocycles. The molecule has 0 radical (unpaired) electrons. The average molecular weight is 297 g/mol. The van der Waals surface area contributed by atoms with Crippen molar-refractivity contribution in [1.29, 1.82) is 0 Å². The summed E-state index contributed by atoms with van der Waals surface area (Å²) >= 11 is 0. The molecule has 2 heterocycles. The third kappa shape index (κ3) is 3.77. The van der Waals surface area contributed by atoms with Crippen LogP contribution in [0.3, 0.4) is 0 Å². The smallest absolute Gasteiger partial charge is 0.238 e. The van der Waals surface area contributed by atoms with Gasteiger partial charge >= 0.3 is 0 Å². The maximum Gasteiger partial charge on any atom is 0.238 e. The summed E-state index contributed by atoms with van der Waals surface area (Å²) in [6.07, 6.45) is 5.05. The highest BCUT2D eigenvalue weighted by Gasteiger charge is 2.34. The van der Waals surface area contributed by atoms with E-state index >= 15 is 0 Å². The largest absolute Gasteiger partial charge is 0.349 e. The Hall–Kier alpha value is -1.47. The van der Waals surface area contributed by atoms with Crippen LogP contribution >= 0.6 is 0 Å². The third-order valence-electron chi connectivity index (χ3n) is 3.35. The van der Waals surface area contributed by atoms with Crippen molar-refractivity contribution in [1.82, 2.24) is 14.6 Å². The minimum atomic E-state index is -3.35. The summed E-state index contributed by atoms with van der Waals surface area (Å²) in [6.45, 7) is 0.730. The zero-order valence-electron chi connectivity index (χ0n) is 11.4. The van der Waals surface area contributed by atoms with Crippen LogP contribution in [0, 0.1) is 0 Å². The first-order valence-electron chi connectivity index (χ1n) is 6.63. The highest BCUT2D eigenvalue weighted by Crippen LogP contribution is 2.20. The Morgan fingerprint density at radius 2 is 2.25 bits per heavy atom. The van der Waals surface area contributed by atoms with Crippen LogP contribution in [-0.4, -0.2) is 42.5 Å². The molecule has 1 amide bonds. The molecule has 1 aromatic rings. The van der Waals surface area contributed by atoms with Crippen LogP contribution in [0.15, 0.2) is 24.4 Å². The van der Waals surface area contributed by atoms with Gasteiger partial charge in [-0.1, -0.05) is 12.5 Å². The highest BCUT2D eigenvalue weighted by atomic mass is 32.2. The van der Waals surface area contributed by atoms with Crippen LogP contribution in [-0.2, 0) is 21.4 Å². The molecule has 0 spiro atoms. The maximum atomic E-state index is 12.2. The van der Waals surface area contributed by atoms with Crippen LogP contribution in [0.1, 0.15) is 25.0 Å². The molecule has 1 fully saturated rings. The molecule has 0 bridgehead atoms. The lowest BCUT2D eigenvalue weighted by atomic mass is 10.0. The van der Waals surface area contributed by atoms with Crippen molar-refractivity contribution in [3.05, 3.63) is 30.1 Å². The summed E-state index contributed by atoms with van der Waals surface area (Å²) in [6, 6.07) is 4.87. The predicted octanol–water partition coefficient (Wildman–Crippen LogP) is 0.512. The van der Waals surface area contributed by atoms with Crippen molar-refractivity contribution < 1.29 is 13.2 Å². The highest BCUT2D eigenvalue weighted by molar-refractivity contribution is 7.88. The number of aromatic nitrogens is 1. The van der Waals surface area contributed by atoms with Crippen LogP contribution < -0.4 is 5.32 Å². The lowest BCUT2D eigenvalue weighted by molar-refractivity contribution is -0.125. The summed E-state index contributed by atoms with van der Waals surface area (Å²) in [4.78, 5) is 16.3. The summed E-state index contributed by atoms with van der Waals surface area (Å²) < 4.78 is 24.7. The zero-order chi connectivity index (χ0) is 14.6. The topological polar surface area (TPSA) is 79.4 Å². The summed E-state index contributed by atoms with van der Waals surface area (Å²) in [5, 5.41) is 2.76. The Bertz CT molecular complexity index is 559. The lowest BCUT2D eigenvalue weighted by Crippen LogP contribution is -2.51. The zero-order valence-corrected chi connectivity index (χ0v) is 12.3. The fourth-order valence-electron chi connectivity index (χ4n) is 2.36. The number of nitrogens with one attached hydrogen (secondary N) is 1. The molecule has 1 aromatic heterocycles. The molecule has 7 heteroatoms. The first-order chi connectivity index (χ1) is 9.48. The Balaban J connectivity index is 2.00. The summed E-state index contributed by atoms with van der Waals surface area (Å²) in [7, 11) is -3.35. The average Bonchev–Trinajstić information content (AvgIpc) is 2.45. The molecule has 6 nitrogen and oxygen atoms in total. The lowest BCUT2D eigenvalue weighted by Gasteiger charge is -2.32. The van der Waals surface area contributed by atoms with E-state index in [1.54, 1.807) is 12.3 Å². The number of piperidine rings is 1. The molecular weight excluding hydrogens is 278 g/mol. The second kappa shape index (κ2) is 6.32. The molecule has 110 valence electrons. The fraction of sp³-hybridized carbons (Fsp3) is 0.538. The molecule has 2 rings (SSSR count). The predicted molar refractivity (Wildman–Crippen MR) is 75.3 cm³/mol. The van der Waals surface area contributed by atoms with Crippen LogP contribution in [0.4, 0.5) is 0 Å². The van der Waals surface area contributed by atoms with Gasteiger partial charge in [0.1, 0.15) is 6.04 Å². The standard InChI is InChI=1S/C13H19N3O3S/c1-20(18,19)16-9-5-3-7-12(16)13(17)15-10-11-6-2-4-8-14-11/h2,4,6,8,12H,3,5,7,9-10H2,1H3,(H,15,17)/t12-/m1/s1. The minimum absolute atomic E-state index is 0.249. The number of hydrogen-bond acceptors (Lipinski definition) is 4. The van der Waals surface area contributed by atoms with Crippen molar-refractivity contribution in [3.8, 4) is 0 Å². The van der Waals surface area contributed by atoms with Crippen molar-refractivity contribution >= 4 is 15.9 Å². The molecule has 1 aliphatic rings. The Kier molecular flexibility index (Phi) is 4.72. The second-order valence-corrected chi connectivity index (χ2v) is 6.86. The van der Waals surface area contributed by atoms with Crippen molar-refractivity contribution in [3.63, 3.8) is 0 Å². The Morgan fingerprint density at radius 1 is 1.45 bits per heavy atom. The quantitative estimate of drug-likeness (QED) is 0.878. The van der Waals surface area contributed by atoms with E-state index in [0.717, 1.165) is 24.8 Å². The monoisotopic (exact) mass is 297 g/mol. The minimum Gasteiger partial charge on any atom is -0.349 e. The van der Waals surface area contributed by atoms with Crippen LogP contribution in [0.2, 0.25) is 0 Å².